The number of imide groups is 1. The van der Waals surface area contributed by atoms with Crippen molar-refractivity contribution in [1.82, 2.24) is 4.90 Å². The summed E-state index contributed by atoms with van der Waals surface area (Å²) < 4.78 is 44.3. The monoisotopic (exact) mass is 482 g/mol. The van der Waals surface area contributed by atoms with E-state index in [-0.39, 0.29) is 22.4 Å². The lowest BCUT2D eigenvalue weighted by atomic mass is 10.1. The summed E-state index contributed by atoms with van der Waals surface area (Å²) in [6.07, 6.45) is -6.16. The summed E-state index contributed by atoms with van der Waals surface area (Å²) >= 11 is 0. The molecule has 35 heavy (non-hydrogen) atoms. The fourth-order valence-corrected chi connectivity index (χ4v) is 3.56. The van der Waals surface area contributed by atoms with Gasteiger partial charge in [0.1, 0.15) is 6.54 Å². The van der Waals surface area contributed by atoms with Crippen molar-refractivity contribution in [2.45, 2.75) is 12.3 Å². The molecule has 0 fully saturated rings. The highest BCUT2D eigenvalue weighted by molar-refractivity contribution is 6.22. The van der Waals surface area contributed by atoms with E-state index in [0.29, 0.717) is 4.90 Å². The van der Waals surface area contributed by atoms with Crippen molar-refractivity contribution in [3.05, 3.63) is 101 Å². The lowest BCUT2D eigenvalue weighted by Crippen LogP contribution is -2.37. The summed E-state index contributed by atoms with van der Waals surface area (Å²) in [7, 11) is 0. The van der Waals surface area contributed by atoms with E-state index in [4.69, 9.17) is 4.74 Å². The van der Waals surface area contributed by atoms with Gasteiger partial charge in [0.05, 0.1) is 16.7 Å². The number of fused-ring (bicyclic) bond motifs is 1. The second-order valence-corrected chi connectivity index (χ2v) is 7.59. The average molecular weight is 482 g/mol. The third-order valence-electron chi connectivity index (χ3n) is 5.21. The molecule has 0 unspecified atom stereocenters. The fourth-order valence-electron chi connectivity index (χ4n) is 3.56. The van der Waals surface area contributed by atoms with Gasteiger partial charge in [-0.2, -0.15) is 13.2 Å². The van der Waals surface area contributed by atoms with Crippen LogP contribution in [0, 0.1) is 0 Å². The van der Waals surface area contributed by atoms with E-state index in [0.717, 1.165) is 18.2 Å². The van der Waals surface area contributed by atoms with Crippen LogP contribution in [-0.4, -0.2) is 35.1 Å². The van der Waals surface area contributed by atoms with Crippen molar-refractivity contribution in [3.63, 3.8) is 0 Å². The number of hydrogen-bond donors (Lipinski definition) is 1. The molecule has 3 aromatic carbocycles. The predicted octanol–water partition coefficient (Wildman–Crippen LogP) is 4.22. The Balaban J connectivity index is 1.52. The maximum absolute atomic E-state index is 13.0. The number of carbonyl (C=O) groups is 4. The highest BCUT2D eigenvalue weighted by atomic mass is 19.4. The van der Waals surface area contributed by atoms with Gasteiger partial charge in [-0.1, -0.05) is 48.5 Å². The molecule has 10 heteroatoms. The Kier molecular flexibility index (Phi) is 6.37. The van der Waals surface area contributed by atoms with Crippen molar-refractivity contribution in [2.24, 2.45) is 0 Å². The summed E-state index contributed by atoms with van der Waals surface area (Å²) in [4.78, 5) is 51.3. The number of nitrogens with zero attached hydrogens (tertiary/aromatic N) is 1. The first-order valence-electron chi connectivity index (χ1n) is 10.3. The number of anilines is 1. The Morgan fingerprint density at radius 3 is 2.06 bits per heavy atom. The quantitative estimate of drug-likeness (QED) is 0.420. The molecule has 1 aliphatic heterocycles. The highest BCUT2D eigenvalue weighted by Crippen LogP contribution is 2.31. The van der Waals surface area contributed by atoms with E-state index in [2.05, 4.69) is 5.32 Å². The molecule has 0 radical (unpaired) electrons. The fraction of sp³-hybridized carbons (Fsp3) is 0.120. The van der Waals surface area contributed by atoms with E-state index < -0.39 is 48.1 Å². The second-order valence-electron chi connectivity index (χ2n) is 7.59. The maximum atomic E-state index is 13.0. The van der Waals surface area contributed by atoms with Crippen LogP contribution in [-0.2, 0) is 20.5 Å². The van der Waals surface area contributed by atoms with Crippen LogP contribution in [0.5, 0.6) is 0 Å². The van der Waals surface area contributed by atoms with Crippen molar-refractivity contribution in [1.29, 1.82) is 0 Å². The van der Waals surface area contributed by atoms with Gasteiger partial charge in [-0.15, -0.1) is 0 Å². The van der Waals surface area contributed by atoms with E-state index in [1.54, 1.807) is 30.3 Å². The molecule has 0 spiro atoms. The van der Waals surface area contributed by atoms with Gasteiger partial charge >= 0.3 is 12.1 Å². The van der Waals surface area contributed by atoms with Crippen molar-refractivity contribution in [3.8, 4) is 0 Å². The molecule has 1 aliphatic rings. The minimum Gasteiger partial charge on any atom is -0.446 e. The summed E-state index contributed by atoms with van der Waals surface area (Å²) in [5.74, 6) is -3.31. The van der Waals surface area contributed by atoms with E-state index in [1.165, 1.54) is 30.3 Å². The van der Waals surface area contributed by atoms with Crippen molar-refractivity contribution < 1.29 is 37.1 Å². The van der Waals surface area contributed by atoms with Crippen LogP contribution in [0.15, 0.2) is 78.9 Å². The van der Waals surface area contributed by atoms with Gasteiger partial charge in [0.2, 0.25) is 6.10 Å². The number of amides is 3. The number of carbonyl (C=O) groups excluding carboxylic acids is 4. The molecule has 1 N–H and O–H groups in total. The van der Waals surface area contributed by atoms with Crippen molar-refractivity contribution >= 4 is 29.4 Å². The van der Waals surface area contributed by atoms with Crippen LogP contribution in [0.4, 0.5) is 18.9 Å². The van der Waals surface area contributed by atoms with Crippen LogP contribution in [0.25, 0.3) is 0 Å². The smallest absolute Gasteiger partial charge is 0.416 e. The molecule has 0 bridgehead atoms. The minimum atomic E-state index is -4.61. The zero-order valence-corrected chi connectivity index (χ0v) is 17.9. The summed E-state index contributed by atoms with van der Waals surface area (Å²) in [6.45, 7) is -0.744. The summed E-state index contributed by atoms with van der Waals surface area (Å²) in [5, 5.41) is 2.32. The number of benzene rings is 3. The summed E-state index contributed by atoms with van der Waals surface area (Å²) in [5.41, 5.74) is -0.580. The predicted molar refractivity (Wildman–Crippen MR) is 117 cm³/mol. The molecule has 0 aliphatic carbocycles. The first kappa shape index (κ1) is 23.7. The third-order valence-corrected chi connectivity index (χ3v) is 5.21. The molecular formula is C25H17F3N2O5. The van der Waals surface area contributed by atoms with Crippen LogP contribution in [0.1, 0.15) is 37.9 Å². The number of hydrogen-bond acceptors (Lipinski definition) is 5. The standard InChI is InChI=1S/C25H17F3N2O5/c26-25(27,28)16-9-6-10-17(13-16)29-22(32)21(15-7-2-1-3-8-15)35-20(31)14-30-23(33)18-11-4-5-12-19(18)24(30)34/h1-13,21H,14H2,(H,29,32)/t21-/m0/s1. The van der Waals surface area contributed by atoms with Gasteiger partial charge in [0.25, 0.3) is 17.7 Å². The molecule has 0 aromatic heterocycles. The lowest BCUT2D eigenvalue weighted by Gasteiger charge is -2.20. The largest absolute Gasteiger partial charge is 0.446 e. The van der Waals surface area contributed by atoms with E-state index in [9.17, 15) is 32.3 Å². The highest BCUT2D eigenvalue weighted by Gasteiger charge is 2.37. The van der Waals surface area contributed by atoms with Crippen LogP contribution < -0.4 is 5.32 Å². The Hall–Kier alpha value is -4.47. The molecule has 3 aromatic rings. The van der Waals surface area contributed by atoms with Crippen LogP contribution >= 0.6 is 0 Å². The second kappa shape index (κ2) is 9.41. The maximum Gasteiger partial charge on any atom is 0.416 e. The number of halogens is 3. The van der Waals surface area contributed by atoms with Crippen LogP contribution in [0.2, 0.25) is 0 Å². The van der Waals surface area contributed by atoms with E-state index in [1.807, 2.05) is 0 Å². The first-order valence-corrected chi connectivity index (χ1v) is 10.3. The molecule has 1 atom stereocenters. The molecule has 0 saturated heterocycles. The Labute approximate surface area is 197 Å². The van der Waals surface area contributed by atoms with E-state index >= 15 is 0 Å². The van der Waals surface area contributed by atoms with Gasteiger partial charge in [-0.25, -0.2) is 0 Å². The Bertz CT molecular complexity index is 1270. The van der Waals surface area contributed by atoms with Gasteiger partial charge in [-0.05, 0) is 30.3 Å². The molecule has 178 valence electrons. The van der Waals surface area contributed by atoms with Crippen molar-refractivity contribution in [2.75, 3.05) is 11.9 Å². The molecule has 0 saturated carbocycles. The molecule has 7 nitrogen and oxygen atoms in total. The van der Waals surface area contributed by atoms with Gasteiger partial charge in [0.15, 0.2) is 0 Å². The zero-order chi connectivity index (χ0) is 25.2. The number of nitrogens with one attached hydrogen (secondary N) is 1. The van der Waals surface area contributed by atoms with Gasteiger partial charge in [-0.3, -0.25) is 24.1 Å². The third kappa shape index (κ3) is 5.06. The van der Waals surface area contributed by atoms with Crippen LogP contribution in [0.3, 0.4) is 0 Å². The minimum absolute atomic E-state index is 0.146. The molecule has 1 heterocycles. The summed E-state index contributed by atoms with van der Waals surface area (Å²) in [6, 6.07) is 17.9. The SMILES string of the molecule is O=C(CN1C(=O)c2ccccc2C1=O)O[C@H](C(=O)Nc1cccc(C(F)(F)F)c1)c1ccccc1. The molecule has 3 amide bonds. The number of alkyl halides is 3. The molecule has 4 rings (SSSR count). The topological polar surface area (TPSA) is 92.8 Å². The first-order chi connectivity index (χ1) is 16.6. The zero-order valence-electron chi connectivity index (χ0n) is 17.9. The normalized spacial score (nSPS) is 13.9. The Morgan fingerprint density at radius 1 is 0.857 bits per heavy atom. The number of ether oxygens (including phenoxy) is 1. The molecular weight excluding hydrogens is 465 g/mol. The van der Waals surface area contributed by atoms with Gasteiger partial charge in [0, 0.05) is 11.3 Å². The Morgan fingerprint density at radius 2 is 1.46 bits per heavy atom. The lowest BCUT2D eigenvalue weighted by molar-refractivity contribution is -0.154. The number of esters is 1. The number of rotatable bonds is 6. The average Bonchev–Trinajstić information content (AvgIpc) is 3.07. The van der Waals surface area contributed by atoms with Gasteiger partial charge < -0.3 is 10.1 Å².